The smallest absolute Gasteiger partial charge is 0.248 e. The van der Waals surface area contributed by atoms with Crippen LogP contribution in [0.4, 0.5) is 5.95 Å². The number of anilines is 1. The number of hydrogen-bond acceptors (Lipinski definition) is 7. The van der Waals surface area contributed by atoms with Crippen molar-refractivity contribution in [1.82, 2.24) is 14.9 Å². The Morgan fingerprint density at radius 3 is 2.61 bits per heavy atom. The molecule has 1 aromatic carbocycles. The Labute approximate surface area is 182 Å². The zero-order valence-corrected chi connectivity index (χ0v) is 18.4. The van der Waals surface area contributed by atoms with Crippen molar-refractivity contribution in [1.29, 1.82) is 0 Å². The fourth-order valence-corrected chi connectivity index (χ4v) is 3.25. The third kappa shape index (κ3) is 5.56. The largest absolute Gasteiger partial charge is 0.369 e. The number of primary amides is 1. The van der Waals surface area contributed by atoms with E-state index in [2.05, 4.69) is 4.98 Å². The molecule has 1 aromatic heterocycles. The molecule has 9 heteroatoms. The first-order valence-corrected chi connectivity index (χ1v) is 10.2. The Balaban J connectivity index is 1.91. The summed E-state index contributed by atoms with van der Waals surface area (Å²) in [6.45, 7) is 5.11. The van der Waals surface area contributed by atoms with Crippen LogP contribution in [0.15, 0.2) is 30.5 Å². The number of ether oxygens (including phenoxy) is 2. The molecule has 0 bridgehead atoms. The van der Waals surface area contributed by atoms with Gasteiger partial charge in [0, 0.05) is 38.0 Å². The topological polar surface area (TPSA) is 111 Å². The Morgan fingerprint density at radius 1 is 1.29 bits per heavy atom. The van der Waals surface area contributed by atoms with Gasteiger partial charge in [-0.25, -0.2) is 9.97 Å². The molecule has 0 spiro atoms. The van der Waals surface area contributed by atoms with E-state index >= 15 is 0 Å². The predicted molar refractivity (Wildman–Crippen MR) is 117 cm³/mol. The van der Waals surface area contributed by atoms with Crippen molar-refractivity contribution in [3.8, 4) is 11.1 Å². The van der Waals surface area contributed by atoms with E-state index in [1.54, 1.807) is 35.4 Å². The van der Waals surface area contributed by atoms with Crippen molar-refractivity contribution in [2.24, 2.45) is 5.73 Å². The molecule has 2 heterocycles. The summed E-state index contributed by atoms with van der Waals surface area (Å²) in [7, 11) is 3.72. The second-order valence-corrected chi connectivity index (χ2v) is 7.86. The molecule has 1 aliphatic heterocycles. The van der Waals surface area contributed by atoms with E-state index in [1.807, 2.05) is 32.8 Å². The molecule has 1 saturated heterocycles. The summed E-state index contributed by atoms with van der Waals surface area (Å²) in [4.78, 5) is 36.7. The second kappa shape index (κ2) is 9.84. The average molecular weight is 428 g/mol. The summed E-state index contributed by atoms with van der Waals surface area (Å²) in [6, 6.07) is 6.95. The van der Waals surface area contributed by atoms with Crippen LogP contribution in [-0.4, -0.2) is 73.2 Å². The fraction of sp³-hybridized carbons (Fsp3) is 0.455. The van der Waals surface area contributed by atoms with Crippen LogP contribution in [0, 0.1) is 0 Å². The van der Waals surface area contributed by atoms with E-state index in [-0.39, 0.29) is 18.6 Å². The van der Waals surface area contributed by atoms with Gasteiger partial charge in [0.1, 0.15) is 12.7 Å². The first kappa shape index (κ1) is 22.6. The lowest BCUT2D eigenvalue weighted by Crippen LogP contribution is -2.44. The second-order valence-electron chi connectivity index (χ2n) is 7.86. The number of rotatable bonds is 7. The van der Waals surface area contributed by atoms with Gasteiger partial charge in [-0.05, 0) is 31.5 Å². The average Bonchev–Trinajstić information content (AvgIpc) is 2.77. The van der Waals surface area contributed by atoms with Gasteiger partial charge in [-0.3, -0.25) is 9.59 Å². The quantitative estimate of drug-likeness (QED) is 0.715. The van der Waals surface area contributed by atoms with Gasteiger partial charge >= 0.3 is 0 Å². The molecule has 31 heavy (non-hydrogen) atoms. The minimum atomic E-state index is -0.487. The lowest BCUT2D eigenvalue weighted by atomic mass is 10.0. The van der Waals surface area contributed by atoms with Crippen LogP contribution in [0.5, 0.6) is 0 Å². The molecule has 2 aromatic rings. The van der Waals surface area contributed by atoms with E-state index in [0.717, 1.165) is 11.1 Å². The highest BCUT2D eigenvalue weighted by Crippen LogP contribution is 2.31. The van der Waals surface area contributed by atoms with Crippen LogP contribution in [0.2, 0.25) is 0 Å². The lowest BCUT2D eigenvalue weighted by molar-refractivity contribution is -0.145. The standard InChI is InChI=1S/C22H29N5O4/c1-14(2)31-13-19(28)27-9-10-30-18(12-27)20-17(11-24-22(25-20)26(3)4)15-5-7-16(8-6-15)21(23)29/h5-8,11,14,18H,9-10,12-13H2,1-4H3,(H2,23,29)/t18-/m0/s1. The molecule has 1 atom stereocenters. The van der Waals surface area contributed by atoms with Crippen molar-refractivity contribution in [3.63, 3.8) is 0 Å². The van der Waals surface area contributed by atoms with Gasteiger partial charge in [-0.15, -0.1) is 0 Å². The van der Waals surface area contributed by atoms with Crippen molar-refractivity contribution in [2.45, 2.75) is 26.1 Å². The molecule has 9 nitrogen and oxygen atoms in total. The summed E-state index contributed by atoms with van der Waals surface area (Å²) in [6.07, 6.45) is 1.31. The van der Waals surface area contributed by atoms with E-state index in [1.165, 1.54) is 0 Å². The molecule has 2 amide bonds. The van der Waals surface area contributed by atoms with Gasteiger partial charge in [0.2, 0.25) is 17.8 Å². The molecule has 1 fully saturated rings. The lowest BCUT2D eigenvalue weighted by Gasteiger charge is -2.33. The predicted octanol–water partition coefficient (Wildman–Crippen LogP) is 1.63. The summed E-state index contributed by atoms with van der Waals surface area (Å²) in [5.74, 6) is -0.0155. The summed E-state index contributed by atoms with van der Waals surface area (Å²) in [5, 5.41) is 0. The molecule has 0 saturated carbocycles. The maximum Gasteiger partial charge on any atom is 0.248 e. The molecule has 0 radical (unpaired) electrons. The van der Waals surface area contributed by atoms with Gasteiger partial charge in [-0.2, -0.15) is 0 Å². The van der Waals surface area contributed by atoms with Crippen molar-refractivity contribution in [3.05, 3.63) is 41.7 Å². The number of hydrogen-bond donors (Lipinski definition) is 1. The Bertz CT molecular complexity index is 930. The van der Waals surface area contributed by atoms with Crippen molar-refractivity contribution >= 4 is 17.8 Å². The molecule has 3 rings (SSSR count). The van der Waals surface area contributed by atoms with Crippen molar-refractivity contribution < 1.29 is 19.1 Å². The molecular weight excluding hydrogens is 398 g/mol. The highest BCUT2D eigenvalue weighted by atomic mass is 16.5. The molecule has 166 valence electrons. The third-order valence-corrected chi connectivity index (χ3v) is 4.95. The van der Waals surface area contributed by atoms with Crippen molar-refractivity contribution in [2.75, 3.05) is 45.3 Å². The minimum absolute atomic E-state index is 0.0136. The first-order chi connectivity index (χ1) is 14.8. The number of carbonyl (C=O) groups is 2. The number of nitrogens with zero attached hydrogens (tertiary/aromatic N) is 4. The van der Waals surface area contributed by atoms with E-state index < -0.39 is 12.0 Å². The number of benzene rings is 1. The van der Waals surface area contributed by atoms with Crippen LogP contribution in [0.1, 0.15) is 36.0 Å². The number of morpholine rings is 1. The monoisotopic (exact) mass is 427 g/mol. The molecule has 2 N–H and O–H groups in total. The summed E-state index contributed by atoms with van der Waals surface area (Å²) in [5.41, 5.74) is 8.07. The maximum absolute atomic E-state index is 12.6. The van der Waals surface area contributed by atoms with Crippen LogP contribution >= 0.6 is 0 Å². The zero-order valence-electron chi connectivity index (χ0n) is 18.4. The Hall–Kier alpha value is -3.04. The first-order valence-electron chi connectivity index (χ1n) is 10.2. The Morgan fingerprint density at radius 2 is 2.00 bits per heavy atom. The zero-order chi connectivity index (χ0) is 22.5. The van der Waals surface area contributed by atoms with Gasteiger partial charge < -0.3 is 25.0 Å². The molecular formula is C22H29N5O4. The van der Waals surface area contributed by atoms with E-state index in [4.69, 9.17) is 20.2 Å². The number of amides is 2. The van der Waals surface area contributed by atoms with E-state index in [0.29, 0.717) is 36.9 Å². The van der Waals surface area contributed by atoms with Crippen LogP contribution in [0.3, 0.4) is 0 Å². The number of nitrogens with two attached hydrogens (primary N) is 1. The minimum Gasteiger partial charge on any atom is -0.369 e. The number of carbonyl (C=O) groups excluding carboxylic acids is 2. The Kier molecular flexibility index (Phi) is 7.19. The summed E-state index contributed by atoms with van der Waals surface area (Å²) >= 11 is 0. The molecule has 1 aliphatic rings. The highest BCUT2D eigenvalue weighted by Gasteiger charge is 2.29. The number of aromatic nitrogens is 2. The van der Waals surface area contributed by atoms with Crippen LogP contribution < -0.4 is 10.6 Å². The van der Waals surface area contributed by atoms with Crippen LogP contribution in [-0.2, 0) is 14.3 Å². The van der Waals surface area contributed by atoms with Gasteiger partial charge in [0.15, 0.2) is 0 Å². The third-order valence-electron chi connectivity index (χ3n) is 4.95. The summed E-state index contributed by atoms with van der Waals surface area (Å²) < 4.78 is 11.5. The fourth-order valence-electron chi connectivity index (χ4n) is 3.25. The SMILES string of the molecule is CC(C)OCC(=O)N1CCO[C@H](c2nc(N(C)C)ncc2-c2ccc(C(N)=O)cc2)C1. The molecule has 0 aliphatic carbocycles. The maximum atomic E-state index is 12.6. The normalized spacial score (nSPS) is 16.4. The van der Waals surface area contributed by atoms with Gasteiger partial charge in [0.25, 0.3) is 0 Å². The van der Waals surface area contributed by atoms with Crippen LogP contribution in [0.25, 0.3) is 11.1 Å². The van der Waals surface area contributed by atoms with Gasteiger partial charge in [0.05, 0.1) is 24.9 Å². The molecule has 0 unspecified atom stereocenters. The van der Waals surface area contributed by atoms with E-state index in [9.17, 15) is 9.59 Å². The van der Waals surface area contributed by atoms with Gasteiger partial charge in [-0.1, -0.05) is 12.1 Å². The highest BCUT2D eigenvalue weighted by molar-refractivity contribution is 5.93.